The summed E-state index contributed by atoms with van der Waals surface area (Å²) in [4.78, 5) is 23.4. The highest BCUT2D eigenvalue weighted by molar-refractivity contribution is 6.30. The topological polar surface area (TPSA) is 55.4 Å². The highest BCUT2D eigenvalue weighted by Gasteiger charge is 2.09. The minimum Gasteiger partial charge on any atom is -0.493 e. The van der Waals surface area contributed by atoms with Crippen LogP contribution in [0.5, 0.6) is 5.75 Å². The maximum atomic E-state index is 11.9. The molecule has 0 fully saturated rings. The van der Waals surface area contributed by atoms with E-state index >= 15 is 0 Å². The standard InChI is InChI=1S/C17H16ClNO3/c1-12(20)15-4-2-3-5-16(15)19-17(21)10-11-22-14-8-6-13(18)7-9-14/h2-9H,10-11H2,1H3,(H,19,21). The number of nitrogens with one attached hydrogen (secondary N) is 1. The van der Waals surface area contributed by atoms with Crippen LogP contribution in [0.2, 0.25) is 5.02 Å². The summed E-state index contributed by atoms with van der Waals surface area (Å²) in [5.41, 5.74) is 1.01. The molecule has 0 aliphatic carbocycles. The van der Waals surface area contributed by atoms with Crippen LogP contribution in [0.4, 0.5) is 5.69 Å². The fourth-order valence-corrected chi connectivity index (χ4v) is 2.03. The molecule has 4 nitrogen and oxygen atoms in total. The molecule has 1 N–H and O–H groups in total. The molecule has 0 heterocycles. The Morgan fingerprint density at radius 2 is 1.77 bits per heavy atom. The van der Waals surface area contributed by atoms with Crippen LogP contribution in [-0.2, 0) is 4.79 Å². The molecular weight excluding hydrogens is 302 g/mol. The van der Waals surface area contributed by atoms with Gasteiger partial charge in [-0.25, -0.2) is 0 Å². The Hall–Kier alpha value is -2.33. The molecular formula is C17H16ClNO3. The molecule has 0 radical (unpaired) electrons. The summed E-state index contributed by atoms with van der Waals surface area (Å²) in [6.45, 7) is 1.71. The second-order valence-corrected chi connectivity index (χ2v) is 5.14. The van der Waals surface area contributed by atoms with E-state index in [0.717, 1.165) is 0 Å². The molecule has 0 unspecified atom stereocenters. The minimum absolute atomic E-state index is 0.0895. The first-order chi connectivity index (χ1) is 10.6. The van der Waals surface area contributed by atoms with E-state index in [9.17, 15) is 9.59 Å². The summed E-state index contributed by atoms with van der Waals surface area (Å²) in [5, 5.41) is 3.36. The van der Waals surface area contributed by atoms with E-state index in [1.165, 1.54) is 6.92 Å². The maximum absolute atomic E-state index is 11.9. The quantitative estimate of drug-likeness (QED) is 0.821. The van der Waals surface area contributed by atoms with Gasteiger partial charge in [-0.15, -0.1) is 0 Å². The number of para-hydroxylation sites is 1. The van der Waals surface area contributed by atoms with Gasteiger partial charge in [0.1, 0.15) is 5.75 Å². The number of ketones is 1. The van der Waals surface area contributed by atoms with Gasteiger partial charge in [-0.3, -0.25) is 9.59 Å². The largest absolute Gasteiger partial charge is 0.493 e. The normalized spacial score (nSPS) is 10.1. The lowest BCUT2D eigenvalue weighted by Gasteiger charge is -2.09. The van der Waals surface area contributed by atoms with Crippen LogP contribution in [0.15, 0.2) is 48.5 Å². The number of hydrogen-bond acceptors (Lipinski definition) is 3. The van der Waals surface area contributed by atoms with Crippen molar-refractivity contribution in [1.82, 2.24) is 0 Å². The summed E-state index contributed by atoms with van der Waals surface area (Å²) < 4.78 is 5.46. The highest BCUT2D eigenvalue weighted by Crippen LogP contribution is 2.17. The van der Waals surface area contributed by atoms with Crippen molar-refractivity contribution in [1.29, 1.82) is 0 Å². The fraction of sp³-hybridized carbons (Fsp3) is 0.176. The average Bonchev–Trinajstić information content (AvgIpc) is 2.49. The van der Waals surface area contributed by atoms with Crippen molar-refractivity contribution in [3.63, 3.8) is 0 Å². The van der Waals surface area contributed by atoms with Gasteiger partial charge < -0.3 is 10.1 Å². The first-order valence-corrected chi connectivity index (χ1v) is 7.22. The van der Waals surface area contributed by atoms with E-state index in [1.54, 1.807) is 48.5 Å². The van der Waals surface area contributed by atoms with Crippen molar-refractivity contribution in [2.24, 2.45) is 0 Å². The van der Waals surface area contributed by atoms with E-state index in [2.05, 4.69) is 5.32 Å². The summed E-state index contributed by atoms with van der Waals surface area (Å²) in [7, 11) is 0. The van der Waals surface area contributed by atoms with E-state index in [0.29, 0.717) is 22.0 Å². The molecule has 0 spiro atoms. The van der Waals surface area contributed by atoms with Gasteiger partial charge in [0.05, 0.1) is 18.7 Å². The van der Waals surface area contributed by atoms with Crippen LogP contribution in [0.3, 0.4) is 0 Å². The van der Waals surface area contributed by atoms with Crippen LogP contribution in [0, 0.1) is 0 Å². The van der Waals surface area contributed by atoms with Gasteiger partial charge >= 0.3 is 0 Å². The van der Waals surface area contributed by atoms with Crippen LogP contribution < -0.4 is 10.1 Å². The Labute approximate surface area is 134 Å². The molecule has 0 saturated carbocycles. The zero-order valence-corrected chi connectivity index (χ0v) is 12.9. The van der Waals surface area contributed by atoms with Crippen molar-refractivity contribution < 1.29 is 14.3 Å². The van der Waals surface area contributed by atoms with Crippen molar-refractivity contribution in [2.45, 2.75) is 13.3 Å². The van der Waals surface area contributed by atoms with Gasteiger partial charge in [0.25, 0.3) is 0 Å². The Morgan fingerprint density at radius 3 is 2.45 bits per heavy atom. The second-order valence-electron chi connectivity index (χ2n) is 4.70. The zero-order chi connectivity index (χ0) is 15.9. The lowest BCUT2D eigenvalue weighted by Crippen LogP contribution is -2.16. The Balaban J connectivity index is 1.86. The van der Waals surface area contributed by atoms with E-state index in [4.69, 9.17) is 16.3 Å². The maximum Gasteiger partial charge on any atom is 0.227 e. The first-order valence-electron chi connectivity index (χ1n) is 6.84. The summed E-state index contributed by atoms with van der Waals surface area (Å²) in [6, 6.07) is 13.8. The lowest BCUT2D eigenvalue weighted by atomic mass is 10.1. The lowest BCUT2D eigenvalue weighted by molar-refractivity contribution is -0.116. The minimum atomic E-state index is -0.206. The first kappa shape index (κ1) is 16.0. The third-order valence-electron chi connectivity index (χ3n) is 2.99. The molecule has 0 aromatic heterocycles. The van der Waals surface area contributed by atoms with Gasteiger partial charge in [0.2, 0.25) is 5.91 Å². The molecule has 0 atom stereocenters. The van der Waals surface area contributed by atoms with Crippen LogP contribution >= 0.6 is 11.6 Å². The van der Waals surface area contributed by atoms with Gasteiger partial charge in [0.15, 0.2) is 5.78 Å². The van der Waals surface area contributed by atoms with Gasteiger partial charge in [-0.2, -0.15) is 0 Å². The van der Waals surface area contributed by atoms with Crippen molar-refractivity contribution >= 4 is 29.0 Å². The molecule has 0 saturated heterocycles. The van der Waals surface area contributed by atoms with Crippen LogP contribution in [0.25, 0.3) is 0 Å². The number of anilines is 1. The smallest absolute Gasteiger partial charge is 0.227 e. The van der Waals surface area contributed by atoms with Gasteiger partial charge in [-0.05, 0) is 43.3 Å². The molecule has 5 heteroatoms. The van der Waals surface area contributed by atoms with E-state index < -0.39 is 0 Å². The van der Waals surface area contributed by atoms with E-state index in [1.807, 2.05) is 0 Å². The number of ether oxygens (including phenoxy) is 1. The average molecular weight is 318 g/mol. The SMILES string of the molecule is CC(=O)c1ccccc1NC(=O)CCOc1ccc(Cl)cc1. The number of rotatable bonds is 6. The summed E-state index contributed by atoms with van der Waals surface area (Å²) in [5.74, 6) is 0.359. The monoisotopic (exact) mass is 317 g/mol. The Bertz CT molecular complexity index is 668. The number of Topliss-reactive ketones (excluding diaryl/α,β-unsaturated/α-hetero) is 1. The summed E-state index contributed by atoms with van der Waals surface area (Å²) >= 11 is 5.78. The molecule has 2 rings (SSSR count). The van der Waals surface area contributed by atoms with Gasteiger partial charge in [0, 0.05) is 10.6 Å². The van der Waals surface area contributed by atoms with Crippen LogP contribution in [0.1, 0.15) is 23.7 Å². The Morgan fingerprint density at radius 1 is 1.09 bits per heavy atom. The number of carbonyl (C=O) groups is 2. The van der Waals surface area contributed by atoms with Crippen molar-refractivity contribution in [3.8, 4) is 5.75 Å². The Kier molecular flexibility index (Phi) is 5.55. The number of hydrogen-bond donors (Lipinski definition) is 1. The predicted molar refractivity (Wildman–Crippen MR) is 86.6 cm³/mol. The number of carbonyl (C=O) groups excluding carboxylic acids is 2. The van der Waals surface area contributed by atoms with Crippen LogP contribution in [-0.4, -0.2) is 18.3 Å². The molecule has 0 bridgehead atoms. The molecule has 0 aliphatic heterocycles. The number of amides is 1. The molecule has 22 heavy (non-hydrogen) atoms. The number of benzene rings is 2. The highest BCUT2D eigenvalue weighted by atomic mass is 35.5. The zero-order valence-electron chi connectivity index (χ0n) is 12.1. The van der Waals surface area contributed by atoms with Crippen molar-refractivity contribution in [3.05, 3.63) is 59.1 Å². The number of halogens is 1. The third-order valence-corrected chi connectivity index (χ3v) is 3.24. The third kappa shape index (κ3) is 4.60. The molecule has 114 valence electrons. The molecule has 2 aromatic rings. The van der Waals surface area contributed by atoms with Gasteiger partial charge in [-0.1, -0.05) is 23.7 Å². The second kappa shape index (κ2) is 7.61. The fourth-order valence-electron chi connectivity index (χ4n) is 1.90. The predicted octanol–water partition coefficient (Wildman–Crippen LogP) is 3.95. The van der Waals surface area contributed by atoms with Crippen molar-refractivity contribution in [2.75, 3.05) is 11.9 Å². The summed E-state index contributed by atoms with van der Waals surface area (Å²) in [6.07, 6.45) is 0.189. The molecule has 1 amide bonds. The molecule has 0 aliphatic rings. The molecule has 2 aromatic carbocycles. The van der Waals surface area contributed by atoms with E-state index in [-0.39, 0.29) is 24.7 Å².